The Morgan fingerprint density at radius 3 is 2.69 bits per heavy atom. The molecule has 2 amide bonds. The molecule has 0 aromatic carbocycles. The molecular weight excluding hydrogens is 232 g/mol. The van der Waals surface area contributed by atoms with Crippen molar-refractivity contribution in [2.45, 2.75) is 6.92 Å². The van der Waals surface area contributed by atoms with Crippen LogP contribution in [0.25, 0.3) is 0 Å². The summed E-state index contributed by atoms with van der Waals surface area (Å²) in [5.74, 6) is -0.518. The van der Waals surface area contributed by atoms with Gasteiger partial charge < -0.3 is 14.6 Å². The number of nitrogens with one attached hydrogen (secondary N) is 1. The van der Waals surface area contributed by atoms with Crippen LogP contribution in [0.15, 0.2) is 16.5 Å². The van der Waals surface area contributed by atoms with Crippen LogP contribution in [0.3, 0.4) is 0 Å². The molecule has 0 saturated carbocycles. The largest absolute Gasteiger partial charge is 0.440 e. The second-order valence-corrected chi connectivity index (χ2v) is 3.57. The summed E-state index contributed by atoms with van der Waals surface area (Å²) in [7, 11) is 1.66. The van der Waals surface area contributed by atoms with Crippen LogP contribution in [0.4, 0.5) is 0 Å². The molecule has 0 unspecified atom stereocenters. The zero-order valence-corrected chi connectivity index (χ0v) is 9.87. The third-order valence-electron chi connectivity index (χ3n) is 2.10. The van der Waals surface area contributed by atoms with E-state index < -0.39 is 5.91 Å². The lowest BCUT2D eigenvalue weighted by Crippen LogP contribution is -2.37. The predicted octanol–water partition coefficient (Wildman–Crippen LogP) is 1.14. The molecule has 88 valence electrons. The number of hydrogen-bond donors (Lipinski definition) is 1. The Morgan fingerprint density at radius 1 is 1.50 bits per heavy atom. The number of hydrogen-bond acceptors (Lipinski definition) is 3. The number of nitrogens with zero attached hydrogens (tertiary/aromatic N) is 1. The summed E-state index contributed by atoms with van der Waals surface area (Å²) in [5, 5.41) is 2.59. The first-order chi connectivity index (χ1) is 7.54. The highest BCUT2D eigenvalue weighted by Crippen LogP contribution is 2.12. The van der Waals surface area contributed by atoms with E-state index in [1.165, 1.54) is 17.0 Å². The average molecular weight is 245 g/mol. The monoisotopic (exact) mass is 244 g/mol. The number of likely N-dealkylation sites (N-methyl/N-ethyl adjacent to an activating group) is 1. The number of rotatable bonds is 4. The molecule has 16 heavy (non-hydrogen) atoms. The van der Waals surface area contributed by atoms with Gasteiger partial charge in [0.05, 0.1) is 6.54 Å². The van der Waals surface area contributed by atoms with Crippen molar-refractivity contribution in [3.05, 3.63) is 23.1 Å². The van der Waals surface area contributed by atoms with Gasteiger partial charge >= 0.3 is 0 Å². The molecule has 6 heteroatoms. The summed E-state index contributed by atoms with van der Waals surface area (Å²) in [6.07, 6.45) is 0. The van der Waals surface area contributed by atoms with Crippen molar-refractivity contribution in [3.63, 3.8) is 0 Å². The lowest BCUT2D eigenvalue weighted by Gasteiger charge is -2.14. The molecule has 1 N–H and O–H groups in total. The SMILES string of the molecule is CCN(C)C(=O)CNC(=O)c1ccc(Cl)o1. The summed E-state index contributed by atoms with van der Waals surface area (Å²) < 4.78 is 4.89. The van der Waals surface area contributed by atoms with Crippen LogP contribution < -0.4 is 5.32 Å². The Labute approximate surface area is 98.4 Å². The van der Waals surface area contributed by atoms with E-state index in [0.717, 1.165) is 0 Å². The minimum absolute atomic E-state index is 0.0541. The first kappa shape index (κ1) is 12.6. The molecule has 0 fully saturated rings. The molecule has 0 atom stereocenters. The molecule has 0 spiro atoms. The van der Waals surface area contributed by atoms with Crippen LogP contribution in [-0.2, 0) is 4.79 Å². The fourth-order valence-electron chi connectivity index (χ4n) is 0.991. The molecule has 1 aromatic rings. The van der Waals surface area contributed by atoms with Crippen LogP contribution in [0.5, 0.6) is 0 Å². The second-order valence-electron chi connectivity index (χ2n) is 3.19. The molecular formula is C10H13ClN2O3. The number of furan rings is 1. The van der Waals surface area contributed by atoms with Gasteiger partial charge in [0.2, 0.25) is 5.91 Å². The molecule has 0 radical (unpaired) electrons. The normalized spacial score (nSPS) is 9.94. The first-order valence-corrected chi connectivity index (χ1v) is 5.20. The Kier molecular flexibility index (Phi) is 4.37. The van der Waals surface area contributed by atoms with Crippen molar-refractivity contribution in [1.82, 2.24) is 10.2 Å². The van der Waals surface area contributed by atoms with Gasteiger partial charge in [-0.2, -0.15) is 0 Å². The topological polar surface area (TPSA) is 62.6 Å². The molecule has 0 bridgehead atoms. The smallest absolute Gasteiger partial charge is 0.287 e. The summed E-state index contributed by atoms with van der Waals surface area (Å²) >= 11 is 5.52. The van der Waals surface area contributed by atoms with Crippen molar-refractivity contribution in [2.24, 2.45) is 0 Å². The van der Waals surface area contributed by atoms with Gasteiger partial charge in [0.1, 0.15) is 0 Å². The molecule has 0 saturated heterocycles. The van der Waals surface area contributed by atoms with Crippen LogP contribution in [0.1, 0.15) is 17.5 Å². The van der Waals surface area contributed by atoms with Gasteiger partial charge in [0.25, 0.3) is 5.91 Å². The maximum atomic E-state index is 11.4. The molecule has 0 aliphatic rings. The highest BCUT2D eigenvalue weighted by molar-refractivity contribution is 6.29. The highest BCUT2D eigenvalue weighted by atomic mass is 35.5. The lowest BCUT2D eigenvalue weighted by molar-refractivity contribution is -0.128. The van der Waals surface area contributed by atoms with Gasteiger partial charge in [-0.15, -0.1) is 0 Å². The fourth-order valence-corrected chi connectivity index (χ4v) is 1.14. The van der Waals surface area contributed by atoms with Crippen LogP contribution >= 0.6 is 11.6 Å². The number of carbonyl (C=O) groups is 2. The van der Waals surface area contributed by atoms with Gasteiger partial charge in [-0.1, -0.05) is 0 Å². The minimum atomic E-state index is -0.454. The minimum Gasteiger partial charge on any atom is -0.440 e. The van der Waals surface area contributed by atoms with E-state index in [0.29, 0.717) is 6.54 Å². The van der Waals surface area contributed by atoms with E-state index in [-0.39, 0.29) is 23.4 Å². The van der Waals surface area contributed by atoms with Gasteiger partial charge in [0, 0.05) is 13.6 Å². The average Bonchev–Trinajstić information content (AvgIpc) is 2.71. The second kappa shape index (κ2) is 5.55. The zero-order chi connectivity index (χ0) is 12.1. The molecule has 1 aromatic heterocycles. The third kappa shape index (κ3) is 3.27. The fraction of sp³-hybridized carbons (Fsp3) is 0.400. The van der Waals surface area contributed by atoms with E-state index in [4.69, 9.17) is 16.0 Å². The molecule has 5 nitrogen and oxygen atoms in total. The van der Waals surface area contributed by atoms with E-state index in [1.807, 2.05) is 6.92 Å². The first-order valence-electron chi connectivity index (χ1n) is 4.82. The van der Waals surface area contributed by atoms with Gasteiger partial charge in [-0.3, -0.25) is 9.59 Å². The van der Waals surface area contributed by atoms with E-state index in [9.17, 15) is 9.59 Å². The van der Waals surface area contributed by atoms with Crippen LogP contribution in [0, 0.1) is 0 Å². The van der Waals surface area contributed by atoms with Gasteiger partial charge in [-0.25, -0.2) is 0 Å². The van der Waals surface area contributed by atoms with E-state index in [2.05, 4.69) is 5.32 Å². The Morgan fingerprint density at radius 2 is 2.19 bits per heavy atom. The molecule has 0 aliphatic carbocycles. The standard InChI is InChI=1S/C10H13ClN2O3/c1-3-13(2)9(14)6-12-10(15)7-4-5-8(11)16-7/h4-5H,3,6H2,1-2H3,(H,12,15). The Hall–Kier alpha value is -1.49. The number of halogens is 1. The number of amides is 2. The third-order valence-corrected chi connectivity index (χ3v) is 2.30. The van der Waals surface area contributed by atoms with Gasteiger partial charge in [-0.05, 0) is 30.7 Å². The molecule has 1 heterocycles. The number of carbonyl (C=O) groups excluding carboxylic acids is 2. The van der Waals surface area contributed by atoms with Crippen molar-refractivity contribution in [1.29, 1.82) is 0 Å². The Bertz CT molecular complexity index is 389. The summed E-state index contributed by atoms with van der Waals surface area (Å²) in [4.78, 5) is 24.3. The maximum Gasteiger partial charge on any atom is 0.287 e. The van der Waals surface area contributed by atoms with E-state index in [1.54, 1.807) is 7.05 Å². The summed E-state index contributed by atoms with van der Waals surface area (Å²) in [6.45, 7) is 2.40. The van der Waals surface area contributed by atoms with E-state index >= 15 is 0 Å². The summed E-state index contributed by atoms with van der Waals surface area (Å²) in [5.41, 5.74) is 0. The van der Waals surface area contributed by atoms with Crippen LogP contribution in [-0.4, -0.2) is 36.9 Å². The van der Waals surface area contributed by atoms with Gasteiger partial charge in [0.15, 0.2) is 11.0 Å². The van der Waals surface area contributed by atoms with Crippen molar-refractivity contribution in [3.8, 4) is 0 Å². The van der Waals surface area contributed by atoms with Crippen molar-refractivity contribution < 1.29 is 14.0 Å². The quantitative estimate of drug-likeness (QED) is 0.864. The lowest BCUT2D eigenvalue weighted by atomic mass is 10.4. The van der Waals surface area contributed by atoms with Crippen molar-refractivity contribution >= 4 is 23.4 Å². The predicted molar refractivity (Wildman–Crippen MR) is 59.4 cm³/mol. The molecule has 1 rings (SSSR count). The van der Waals surface area contributed by atoms with Crippen molar-refractivity contribution in [2.75, 3.05) is 20.1 Å². The summed E-state index contributed by atoms with van der Waals surface area (Å²) in [6, 6.07) is 2.92. The maximum absolute atomic E-state index is 11.4. The highest BCUT2D eigenvalue weighted by Gasteiger charge is 2.13. The molecule has 0 aliphatic heterocycles. The Balaban J connectivity index is 2.44. The van der Waals surface area contributed by atoms with Crippen LogP contribution in [0.2, 0.25) is 5.22 Å². The zero-order valence-electron chi connectivity index (χ0n) is 9.12.